The molecule has 1 aromatic rings. The van der Waals surface area contributed by atoms with E-state index in [1.165, 1.54) is 0 Å². The number of hydrogen-bond acceptors (Lipinski definition) is 2. The van der Waals surface area contributed by atoms with E-state index in [-0.39, 0.29) is 18.5 Å². The molecule has 0 amide bonds. The second-order valence-corrected chi connectivity index (χ2v) is 5.43. The van der Waals surface area contributed by atoms with E-state index in [9.17, 15) is 0 Å². The van der Waals surface area contributed by atoms with Crippen molar-refractivity contribution < 1.29 is 9.47 Å². The number of rotatable bonds is 3. The van der Waals surface area contributed by atoms with Gasteiger partial charge in [-0.25, -0.2) is 0 Å². The van der Waals surface area contributed by atoms with Crippen molar-refractivity contribution in [3.63, 3.8) is 0 Å². The first-order chi connectivity index (χ1) is 8.09. The van der Waals surface area contributed by atoms with Gasteiger partial charge in [-0.3, -0.25) is 0 Å². The van der Waals surface area contributed by atoms with Gasteiger partial charge in [-0.1, -0.05) is 58.0 Å². The predicted octanol–water partition coefficient (Wildman–Crippen LogP) is 3.78. The van der Waals surface area contributed by atoms with Gasteiger partial charge < -0.3 is 9.47 Å². The van der Waals surface area contributed by atoms with Crippen LogP contribution in [0.4, 0.5) is 0 Å². The fourth-order valence-electron chi connectivity index (χ4n) is 2.31. The van der Waals surface area contributed by atoms with Gasteiger partial charge >= 0.3 is 0 Å². The molecule has 94 valence electrons. The highest BCUT2D eigenvalue weighted by atomic mass is 16.7. The lowest BCUT2D eigenvalue weighted by Gasteiger charge is -2.22. The molecule has 1 aliphatic rings. The largest absolute Gasteiger partial charge is 0.342 e. The average molecular weight is 234 g/mol. The Bertz CT molecular complexity index is 329. The molecule has 0 saturated carbocycles. The minimum atomic E-state index is -0.198. The van der Waals surface area contributed by atoms with Crippen LogP contribution in [0.1, 0.15) is 39.5 Å². The molecule has 2 rings (SSSR count). The zero-order valence-electron chi connectivity index (χ0n) is 11.1. The zero-order chi connectivity index (χ0) is 12.4. The molecule has 0 spiro atoms. The van der Waals surface area contributed by atoms with E-state index in [0.717, 1.165) is 5.56 Å². The molecular formula is C15H22O2. The summed E-state index contributed by atoms with van der Waals surface area (Å²) < 4.78 is 12.1. The third-order valence-electron chi connectivity index (χ3n) is 3.27. The van der Waals surface area contributed by atoms with Crippen molar-refractivity contribution in [2.45, 2.75) is 46.2 Å². The first kappa shape index (κ1) is 12.6. The molecular weight excluding hydrogens is 212 g/mol. The summed E-state index contributed by atoms with van der Waals surface area (Å²) >= 11 is 0. The normalized spacial score (nSPS) is 29.2. The van der Waals surface area contributed by atoms with Gasteiger partial charge in [0.25, 0.3) is 0 Å². The summed E-state index contributed by atoms with van der Waals surface area (Å²) in [6.07, 6.45) is 0.191. The standard InChI is InChI=1S/C15H22O2/c1-10(2)13-14(11(3)4)17-15(16-13)12-8-6-5-7-9-12/h5-11,13-15H,1-4H3/t13-,14+,15+. The topological polar surface area (TPSA) is 18.5 Å². The van der Waals surface area contributed by atoms with Crippen LogP contribution in [0, 0.1) is 11.8 Å². The zero-order valence-corrected chi connectivity index (χ0v) is 11.1. The summed E-state index contributed by atoms with van der Waals surface area (Å²) in [5, 5.41) is 0. The maximum absolute atomic E-state index is 6.06. The Morgan fingerprint density at radius 1 is 0.824 bits per heavy atom. The number of benzene rings is 1. The molecule has 1 aromatic carbocycles. The van der Waals surface area contributed by atoms with Crippen LogP contribution in [-0.4, -0.2) is 12.2 Å². The van der Waals surface area contributed by atoms with Gasteiger partial charge in [0, 0.05) is 5.56 Å². The summed E-state index contributed by atoms with van der Waals surface area (Å²) in [4.78, 5) is 0. The van der Waals surface area contributed by atoms with Crippen LogP contribution >= 0.6 is 0 Å². The predicted molar refractivity (Wildman–Crippen MR) is 68.6 cm³/mol. The lowest BCUT2D eigenvalue weighted by molar-refractivity contribution is -0.0766. The highest BCUT2D eigenvalue weighted by molar-refractivity contribution is 5.16. The van der Waals surface area contributed by atoms with E-state index < -0.39 is 0 Å². The van der Waals surface area contributed by atoms with Crippen molar-refractivity contribution in [2.24, 2.45) is 11.8 Å². The maximum Gasteiger partial charge on any atom is 0.184 e. The summed E-state index contributed by atoms with van der Waals surface area (Å²) in [5.41, 5.74) is 1.11. The smallest absolute Gasteiger partial charge is 0.184 e. The van der Waals surface area contributed by atoms with Crippen LogP contribution in [0.2, 0.25) is 0 Å². The number of hydrogen-bond donors (Lipinski definition) is 0. The van der Waals surface area contributed by atoms with E-state index >= 15 is 0 Å². The molecule has 0 unspecified atom stereocenters. The average Bonchev–Trinajstić information content (AvgIpc) is 2.75. The molecule has 1 saturated heterocycles. The van der Waals surface area contributed by atoms with Crippen LogP contribution in [0.15, 0.2) is 30.3 Å². The second kappa shape index (κ2) is 5.19. The van der Waals surface area contributed by atoms with E-state index in [0.29, 0.717) is 11.8 Å². The van der Waals surface area contributed by atoms with Gasteiger partial charge in [-0.15, -0.1) is 0 Å². The molecule has 3 atom stereocenters. The first-order valence-electron chi connectivity index (χ1n) is 6.45. The molecule has 0 radical (unpaired) electrons. The minimum absolute atomic E-state index is 0.195. The van der Waals surface area contributed by atoms with E-state index in [4.69, 9.17) is 9.47 Å². The molecule has 0 N–H and O–H groups in total. The van der Waals surface area contributed by atoms with Crippen LogP contribution in [0.5, 0.6) is 0 Å². The van der Waals surface area contributed by atoms with Crippen molar-refractivity contribution in [1.82, 2.24) is 0 Å². The Kier molecular flexibility index (Phi) is 3.85. The minimum Gasteiger partial charge on any atom is -0.342 e. The van der Waals surface area contributed by atoms with Crippen molar-refractivity contribution in [2.75, 3.05) is 0 Å². The van der Waals surface area contributed by atoms with Crippen LogP contribution in [-0.2, 0) is 9.47 Å². The molecule has 2 heteroatoms. The van der Waals surface area contributed by atoms with Crippen molar-refractivity contribution in [3.8, 4) is 0 Å². The van der Waals surface area contributed by atoms with Crippen molar-refractivity contribution >= 4 is 0 Å². The Labute approximate surface area is 104 Å². The van der Waals surface area contributed by atoms with Gasteiger partial charge in [-0.05, 0) is 11.8 Å². The van der Waals surface area contributed by atoms with Crippen LogP contribution in [0.25, 0.3) is 0 Å². The molecule has 1 fully saturated rings. The lowest BCUT2D eigenvalue weighted by Crippen LogP contribution is -2.31. The van der Waals surface area contributed by atoms with Crippen LogP contribution in [0.3, 0.4) is 0 Å². The molecule has 2 nitrogen and oxygen atoms in total. The van der Waals surface area contributed by atoms with Gasteiger partial charge in [0.05, 0.1) is 12.2 Å². The van der Waals surface area contributed by atoms with Gasteiger partial charge in [0.15, 0.2) is 6.29 Å². The fraction of sp³-hybridized carbons (Fsp3) is 0.600. The fourth-order valence-corrected chi connectivity index (χ4v) is 2.31. The van der Waals surface area contributed by atoms with Gasteiger partial charge in [0.1, 0.15) is 0 Å². The monoisotopic (exact) mass is 234 g/mol. The lowest BCUT2D eigenvalue weighted by atomic mass is 9.94. The Morgan fingerprint density at radius 3 is 1.71 bits per heavy atom. The highest BCUT2D eigenvalue weighted by Gasteiger charge is 2.39. The van der Waals surface area contributed by atoms with Crippen molar-refractivity contribution in [1.29, 1.82) is 0 Å². The molecule has 1 aliphatic heterocycles. The maximum atomic E-state index is 6.06. The van der Waals surface area contributed by atoms with Gasteiger partial charge in [-0.2, -0.15) is 0 Å². The SMILES string of the molecule is CC(C)[C@H]1O[C@H](c2ccccc2)O[C@H]1C(C)C. The summed E-state index contributed by atoms with van der Waals surface area (Å²) in [6.45, 7) is 8.76. The summed E-state index contributed by atoms with van der Waals surface area (Å²) in [7, 11) is 0. The Balaban J connectivity index is 2.14. The highest BCUT2D eigenvalue weighted by Crippen LogP contribution is 2.37. The first-order valence-corrected chi connectivity index (χ1v) is 6.45. The van der Waals surface area contributed by atoms with Gasteiger partial charge in [0.2, 0.25) is 0 Å². The Morgan fingerprint density at radius 2 is 1.29 bits per heavy atom. The Hall–Kier alpha value is -0.860. The molecule has 1 heterocycles. The third-order valence-corrected chi connectivity index (χ3v) is 3.27. The van der Waals surface area contributed by atoms with E-state index in [2.05, 4.69) is 39.8 Å². The molecule has 0 aliphatic carbocycles. The summed E-state index contributed by atoms with van der Waals surface area (Å²) in [5.74, 6) is 0.965. The summed E-state index contributed by atoms with van der Waals surface area (Å²) in [6, 6.07) is 10.2. The molecule has 0 bridgehead atoms. The van der Waals surface area contributed by atoms with Crippen LogP contribution < -0.4 is 0 Å². The van der Waals surface area contributed by atoms with E-state index in [1.807, 2.05) is 18.2 Å². The second-order valence-electron chi connectivity index (χ2n) is 5.43. The van der Waals surface area contributed by atoms with Crippen molar-refractivity contribution in [3.05, 3.63) is 35.9 Å². The van der Waals surface area contributed by atoms with E-state index in [1.54, 1.807) is 0 Å². The molecule has 0 aromatic heterocycles. The quantitative estimate of drug-likeness (QED) is 0.792. The third kappa shape index (κ3) is 2.70. The molecule has 17 heavy (non-hydrogen) atoms. The number of ether oxygens (including phenoxy) is 2.